The van der Waals surface area contributed by atoms with Gasteiger partial charge in [0.2, 0.25) is 0 Å². The zero-order valence-electron chi connectivity index (χ0n) is 14.4. The Hall–Kier alpha value is -3.35. The molecule has 134 valence electrons. The van der Waals surface area contributed by atoms with E-state index in [1.54, 1.807) is 0 Å². The quantitative estimate of drug-likeness (QED) is 0.482. The molecule has 7 heteroatoms. The highest BCUT2D eigenvalue weighted by Crippen LogP contribution is 2.38. The second-order valence-corrected chi connectivity index (χ2v) is 7.00. The van der Waals surface area contributed by atoms with Crippen molar-refractivity contribution in [2.75, 3.05) is 11.6 Å². The molecule has 0 N–H and O–H groups in total. The molecule has 3 heterocycles. The number of hydrogen-bond donors (Lipinski definition) is 0. The molecule has 0 saturated heterocycles. The van der Waals surface area contributed by atoms with Crippen LogP contribution in [-0.4, -0.2) is 17.0 Å². The molecule has 0 saturated carbocycles. The summed E-state index contributed by atoms with van der Waals surface area (Å²) in [6, 6.07) is 9.71. The summed E-state index contributed by atoms with van der Waals surface area (Å²) in [5, 5.41) is 8.94. The first kappa shape index (κ1) is 14.8. The third-order valence-electron chi connectivity index (χ3n) is 5.53. The highest BCUT2D eigenvalue weighted by atomic mass is 16.6. The van der Waals surface area contributed by atoms with Gasteiger partial charge in [-0.2, -0.15) is 0 Å². The van der Waals surface area contributed by atoms with E-state index < -0.39 is 0 Å². The number of anilines is 1. The van der Waals surface area contributed by atoms with Crippen LogP contribution < -0.4 is 15.3 Å². The number of aryl methyl sites for hydroxylation is 1. The first-order chi connectivity index (χ1) is 13.3. The topological polar surface area (TPSA) is 81.6 Å². The van der Waals surface area contributed by atoms with Crippen LogP contribution in [0.3, 0.4) is 0 Å². The van der Waals surface area contributed by atoms with Crippen LogP contribution in [0.4, 0.5) is 5.69 Å². The zero-order chi connectivity index (χ0) is 18.0. The molecule has 0 atom stereocenters. The maximum Gasteiger partial charge on any atom is 0.339 e. The molecule has 2 aromatic heterocycles. The molecule has 0 bridgehead atoms. The maximum atomic E-state index is 12.5. The Morgan fingerprint density at radius 3 is 2.89 bits per heavy atom. The fraction of sp³-hybridized carbons (Fsp3) is 0.250. The van der Waals surface area contributed by atoms with Crippen molar-refractivity contribution in [3.8, 4) is 5.75 Å². The Kier molecular flexibility index (Phi) is 2.92. The van der Waals surface area contributed by atoms with E-state index >= 15 is 0 Å². The number of hydrogen-bond acceptors (Lipinski definition) is 7. The lowest BCUT2D eigenvalue weighted by Crippen LogP contribution is -2.32. The Bertz CT molecular complexity index is 1270. The van der Waals surface area contributed by atoms with Crippen LogP contribution in [0.2, 0.25) is 0 Å². The Morgan fingerprint density at radius 2 is 1.93 bits per heavy atom. The van der Waals surface area contributed by atoms with Crippen LogP contribution in [0.15, 0.2) is 44.2 Å². The van der Waals surface area contributed by atoms with Gasteiger partial charge in [-0.05, 0) is 59.4 Å². The lowest BCUT2D eigenvalue weighted by atomic mass is 10.0. The van der Waals surface area contributed by atoms with Crippen molar-refractivity contribution < 1.29 is 13.8 Å². The third-order valence-corrected chi connectivity index (χ3v) is 5.53. The van der Waals surface area contributed by atoms with Gasteiger partial charge in [-0.25, -0.2) is 9.42 Å². The standard InChI is InChI=1S/C20H15N3O4/c24-20-13-4-1-3-11(13)12-7-8-17-14(19(12)26-20)9-23(10-25-17)16-6-2-5-15-18(16)22-27-21-15/h2,5-8H,1,3-4,9-10H2. The van der Waals surface area contributed by atoms with Crippen molar-refractivity contribution in [3.63, 3.8) is 0 Å². The Morgan fingerprint density at radius 1 is 1.00 bits per heavy atom. The Labute approximate surface area is 153 Å². The van der Waals surface area contributed by atoms with E-state index in [0.29, 0.717) is 29.9 Å². The average Bonchev–Trinajstić information content (AvgIpc) is 3.37. The van der Waals surface area contributed by atoms with Crippen LogP contribution in [-0.2, 0) is 19.4 Å². The molecule has 6 rings (SSSR count). The summed E-state index contributed by atoms with van der Waals surface area (Å²) in [6.45, 7) is 0.931. The molecule has 4 aromatic rings. The van der Waals surface area contributed by atoms with E-state index in [1.807, 2.05) is 35.2 Å². The number of rotatable bonds is 1. The molecule has 0 spiro atoms. The molecule has 1 aliphatic carbocycles. The van der Waals surface area contributed by atoms with Gasteiger partial charge in [0.05, 0.1) is 17.8 Å². The largest absolute Gasteiger partial charge is 0.473 e. The first-order valence-electron chi connectivity index (χ1n) is 8.99. The van der Waals surface area contributed by atoms with Crippen molar-refractivity contribution in [3.05, 3.63) is 57.4 Å². The van der Waals surface area contributed by atoms with Crippen molar-refractivity contribution in [1.29, 1.82) is 0 Å². The van der Waals surface area contributed by atoms with Crippen molar-refractivity contribution >= 4 is 27.7 Å². The summed E-state index contributed by atoms with van der Waals surface area (Å²) in [6.07, 6.45) is 2.72. The third kappa shape index (κ3) is 2.05. The lowest BCUT2D eigenvalue weighted by molar-refractivity contribution is 0.289. The molecule has 0 amide bonds. The van der Waals surface area contributed by atoms with Crippen LogP contribution in [0.25, 0.3) is 22.0 Å². The lowest BCUT2D eigenvalue weighted by Gasteiger charge is -2.31. The highest BCUT2D eigenvalue weighted by molar-refractivity contribution is 5.89. The minimum Gasteiger partial charge on any atom is -0.473 e. The van der Waals surface area contributed by atoms with Gasteiger partial charge in [0.1, 0.15) is 16.8 Å². The summed E-state index contributed by atoms with van der Waals surface area (Å²) in [4.78, 5) is 14.5. The van der Waals surface area contributed by atoms with E-state index in [1.165, 1.54) is 0 Å². The van der Waals surface area contributed by atoms with E-state index in [2.05, 4.69) is 10.3 Å². The van der Waals surface area contributed by atoms with Gasteiger partial charge in [0.15, 0.2) is 12.2 Å². The normalized spacial score (nSPS) is 15.8. The van der Waals surface area contributed by atoms with Gasteiger partial charge in [-0.15, -0.1) is 0 Å². The predicted molar refractivity (Wildman–Crippen MR) is 98.0 cm³/mol. The van der Waals surface area contributed by atoms with Gasteiger partial charge in [-0.1, -0.05) is 6.07 Å². The molecule has 0 unspecified atom stereocenters. The highest BCUT2D eigenvalue weighted by Gasteiger charge is 2.27. The van der Waals surface area contributed by atoms with Gasteiger partial charge in [0, 0.05) is 10.9 Å². The van der Waals surface area contributed by atoms with Gasteiger partial charge in [-0.3, -0.25) is 0 Å². The summed E-state index contributed by atoms with van der Waals surface area (Å²) in [5.41, 5.74) is 5.52. The first-order valence-corrected chi connectivity index (χ1v) is 8.99. The number of aromatic nitrogens is 2. The monoisotopic (exact) mass is 361 g/mol. The molecule has 2 aliphatic rings. The fourth-order valence-electron chi connectivity index (χ4n) is 4.26. The van der Waals surface area contributed by atoms with Gasteiger partial charge < -0.3 is 14.1 Å². The molecule has 27 heavy (non-hydrogen) atoms. The molecule has 7 nitrogen and oxygen atoms in total. The van der Waals surface area contributed by atoms with Gasteiger partial charge in [0.25, 0.3) is 0 Å². The molecule has 0 radical (unpaired) electrons. The summed E-state index contributed by atoms with van der Waals surface area (Å²) >= 11 is 0. The molecular formula is C20H15N3O4. The van der Waals surface area contributed by atoms with Crippen LogP contribution in [0, 0.1) is 0 Å². The molecule has 1 aliphatic heterocycles. The van der Waals surface area contributed by atoms with Crippen molar-refractivity contribution in [2.45, 2.75) is 25.8 Å². The summed E-state index contributed by atoms with van der Waals surface area (Å²) in [5.74, 6) is 0.755. The van der Waals surface area contributed by atoms with E-state index in [9.17, 15) is 4.79 Å². The van der Waals surface area contributed by atoms with Crippen molar-refractivity contribution in [1.82, 2.24) is 10.3 Å². The van der Waals surface area contributed by atoms with Crippen LogP contribution in [0.1, 0.15) is 23.1 Å². The number of ether oxygens (including phenoxy) is 1. The second-order valence-electron chi connectivity index (χ2n) is 7.00. The van der Waals surface area contributed by atoms with E-state index in [4.69, 9.17) is 13.8 Å². The fourth-order valence-corrected chi connectivity index (χ4v) is 4.26. The van der Waals surface area contributed by atoms with E-state index in [-0.39, 0.29) is 5.63 Å². The van der Waals surface area contributed by atoms with Gasteiger partial charge >= 0.3 is 5.63 Å². The van der Waals surface area contributed by atoms with E-state index in [0.717, 1.165) is 52.8 Å². The minimum absolute atomic E-state index is 0.219. The number of nitrogens with zero attached hydrogens (tertiary/aromatic N) is 3. The molecule has 0 fully saturated rings. The average molecular weight is 361 g/mol. The predicted octanol–water partition coefficient (Wildman–Crippen LogP) is 3.17. The summed E-state index contributed by atoms with van der Waals surface area (Å²) in [7, 11) is 0. The zero-order valence-corrected chi connectivity index (χ0v) is 14.4. The Balaban J connectivity index is 1.53. The summed E-state index contributed by atoms with van der Waals surface area (Å²) < 4.78 is 16.6. The number of benzene rings is 2. The van der Waals surface area contributed by atoms with Crippen molar-refractivity contribution in [2.24, 2.45) is 0 Å². The van der Waals surface area contributed by atoms with Crippen LogP contribution in [0.5, 0.6) is 5.75 Å². The SMILES string of the molecule is O=c1oc2c3c(ccc2c2c1CCC2)OCN(c1cccc2nonc12)C3. The van der Waals surface area contributed by atoms with Crippen LogP contribution >= 0.6 is 0 Å². The smallest absolute Gasteiger partial charge is 0.339 e. The molecule has 2 aromatic carbocycles. The second kappa shape index (κ2) is 5.33. The maximum absolute atomic E-state index is 12.5. The molecular weight excluding hydrogens is 346 g/mol. The minimum atomic E-state index is -0.219. The number of fused-ring (bicyclic) bond motifs is 6.